The minimum absolute atomic E-state index is 0.0406. The average Bonchev–Trinajstić information content (AvgIpc) is 2.18. The van der Waals surface area contributed by atoms with Crippen molar-refractivity contribution in [3.63, 3.8) is 0 Å². The van der Waals surface area contributed by atoms with Crippen LogP contribution in [-0.4, -0.2) is 24.3 Å². The maximum absolute atomic E-state index is 9.29. The van der Waals surface area contributed by atoms with Gasteiger partial charge in [-0.2, -0.15) is 0 Å². The van der Waals surface area contributed by atoms with Gasteiger partial charge in [0.2, 0.25) is 0 Å². The first-order chi connectivity index (χ1) is 5.76. The van der Waals surface area contributed by atoms with Gasteiger partial charge in [0.25, 0.3) is 0 Å². The van der Waals surface area contributed by atoms with Gasteiger partial charge in [-0.1, -0.05) is 26.2 Å². The van der Waals surface area contributed by atoms with E-state index < -0.39 is 0 Å². The molecule has 0 aliphatic heterocycles. The molecule has 0 aromatic rings. The van der Waals surface area contributed by atoms with Crippen molar-refractivity contribution >= 4 is 0 Å². The molecule has 2 N–H and O–H groups in total. The lowest BCUT2D eigenvalue weighted by atomic mass is 9.75. The molecule has 0 aromatic heterocycles. The molecule has 0 saturated heterocycles. The van der Waals surface area contributed by atoms with E-state index in [1.165, 1.54) is 19.3 Å². The van der Waals surface area contributed by atoms with E-state index in [0.29, 0.717) is 6.61 Å². The van der Waals surface area contributed by atoms with E-state index in [2.05, 4.69) is 12.2 Å². The third kappa shape index (κ3) is 1.99. The van der Waals surface area contributed by atoms with Crippen LogP contribution in [-0.2, 0) is 0 Å². The zero-order valence-corrected chi connectivity index (χ0v) is 8.27. The lowest BCUT2D eigenvalue weighted by Gasteiger charge is -2.39. The van der Waals surface area contributed by atoms with E-state index in [1.807, 2.05) is 7.05 Å². The maximum Gasteiger partial charge on any atom is 0.0613 e. The Morgan fingerprint density at radius 3 is 2.83 bits per heavy atom. The highest BCUT2D eigenvalue weighted by Crippen LogP contribution is 2.33. The topological polar surface area (TPSA) is 32.3 Å². The van der Waals surface area contributed by atoms with Crippen molar-refractivity contribution in [1.82, 2.24) is 5.32 Å². The highest BCUT2D eigenvalue weighted by Gasteiger charge is 2.33. The molecule has 0 spiro atoms. The first kappa shape index (κ1) is 10.0. The Balaban J connectivity index is 2.52. The van der Waals surface area contributed by atoms with Gasteiger partial charge in [-0.15, -0.1) is 0 Å². The van der Waals surface area contributed by atoms with Gasteiger partial charge >= 0.3 is 0 Å². The number of rotatable bonds is 3. The van der Waals surface area contributed by atoms with Gasteiger partial charge in [0.15, 0.2) is 0 Å². The number of aliphatic hydroxyl groups excluding tert-OH is 1. The van der Waals surface area contributed by atoms with Crippen molar-refractivity contribution in [3.8, 4) is 0 Å². The summed E-state index contributed by atoms with van der Waals surface area (Å²) in [5.41, 5.74) is 0.0406. The molecule has 1 saturated carbocycles. The van der Waals surface area contributed by atoms with Gasteiger partial charge in [0.05, 0.1) is 6.61 Å². The molecule has 2 atom stereocenters. The monoisotopic (exact) mass is 171 g/mol. The lowest BCUT2D eigenvalue weighted by Crippen LogP contribution is -2.49. The molecular weight excluding hydrogens is 150 g/mol. The SMILES string of the molecule is CCC1CCCC(CO)(NC)C1. The molecule has 1 aliphatic carbocycles. The zero-order chi connectivity index (χ0) is 9.03. The fourth-order valence-electron chi connectivity index (χ4n) is 2.28. The van der Waals surface area contributed by atoms with Crippen LogP contribution in [0.1, 0.15) is 39.0 Å². The van der Waals surface area contributed by atoms with Crippen molar-refractivity contribution in [2.75, 3.05) is 13.7 Å². The number of aliphatic hydroxyl groups is 1. The van der Waals surface area contributed by atoms with E-state index in [9.17, 15) is 5.11 Å². The molecule has 1 fully saturated rings. The maximum atomic E-state index is 9.29. The van der Waals surface area contributed by atoms with E-state index >= 15 is 0 Å². The van der Waals surface area contributed by atoms with E-state index in [-0.39, 0.29) is 5.54 Å². The highest BCUT2D eigenvalue weighted by atomic mass is 16.3. The summed E-state index contributed by atoms with van der Waals surface area (Å²) in [6.45, 7) is 2.54. The predicted molar refractivity (Wildman–Crippen MR) is 51.1 cm³/mol. The van der Waals surface area contributed by atoms with Gasteiger partial charge < -0.3 is 10.4 Å². The standard InChI is InChI=1S/C10H21NO/c1-3-9-5-4-6-10(7-9,8-12)11-2/h9,11-12H,3-8H2,1-2H3. The number of nitrogens with one attached hydrogen (secondary N) is 1. The summed E-state index contributed by atoms with van der Waals surface area (Å²) in [5, 5.41) is 12.6. The van der Waals surface area contributed by atoms with Crippen molar-refractivity contribution in [3.05, 3.63) is 0 Å². The van der Waals surface area contributed by atoms with E-state index in [0.717, 1.165) is 18.8 Å². The fraction of sp³-hybridized carbons (Fsp3) is 1.00. The Morgan fingerprint density at radius 1 is 1.58 bits per heavy atom. The quantitative estimate of drug-likeness (QED) is 0.675. The molecular formula is C10H21NO. The average molecular weight is 171 g/mol. The minimum atomic E-state index is 0.0406. The molecule has 2 heteroatoms. The van der Waals surface area contributed by atoms with Gasteiger partial charge in [-0.3, -0.25) is 0 Å². The molecule has 72 valence electrons. The van der Waals surface area contributed by atoms with Crippen molar-refractivity contribution < 1.29 is 5.11 Å². The second-order valence-corrected chi connectivity index (χ2v) is 4.06. The summed E-state index contributed by atoms with van der Waals surface area (Å²) in [5.74, 6) is 0.818. The lowest BCUT2D eigenvalue weighted by molar-refractivity contribution is 0.101. The molecule has 2 nitrogen and oxygen atoms in total. The van der Waals surface area contributed by atoms with Crippen LogP contribution in [0.5, 0.6) is 0 Å². The first-order valence-electron chi connectivity index (χ1n) is 5.06. The third-order valence-corrected chi connectivity index (χ3v) is 3.36. The third-order valence-electron chi connectivity index (χ3n) is 3.36. The van der Waals surface area contributed by atoms with Crippen LogP contribution < -0.4 is 5.32 Å². The minimum Gasteiger partial charge on any atom is -0.394 e. The van der Waals surface area contributed by atoms with Crippen molar-refractivity contribution in [2.45, 2.75) is 44.6 Å². The molecule has 1 aliphatic rings. The molecule has 0 radical (unpaired) electrons. The molecule has 0 bridgehead atoms. The Morgan fingerprint density at radius 2 is 2.33 bits per heavy atom. The molecule has 2 unspecified atom stereocenters. The second kappa shape index (κ2) is 4.24. The van der Waals surface area contributed by atoms with Crippen LogP contribution >= 0.6 is 0 Å². The van der Waals surface area contributed by atoms with Gasteiger partial charge in [0, 0.05) is 5.54 Å². The van der Waals surface area contributed by atoms with Crippen LogP contribution in [0.4, 0.5) is 0 Å². The number of likely N-dealkylation sites (N-methyl/N-ethyl adjacent to an activating group) is 1. The zero-order valence-electron chi connectivity index (χ0n) is 8.27. The Bertz CT molecular complexity index is 132. The van der Waals surface area contributed by atoms with Crippen LogP contribution in [0.25, 0.3) is 0 Å². The van der Waals surface area contributed by atoms with E-state index in [4.69, 9.17) is 0 Å². The van der Waals surface area contributed by atoms with Crippen molar-refractivity contribution in [1.29, 1.82) is 0 Å². The molecule has 1 rings (SSSR count). The molecule has 0 amide bonds. The largest absolute Gasteiger partial charge is 0.394 e. The molecule has 0 aromatic carbocycles. The second-order valence-electron chi connectivity index (χ2n) is 4.06. The number of hydrogen-bond acceptors (Lipinski definition) is 2. The number of hydrogen-bond donors (Lipinski definition) is 2. The smallest absolute Gasteiger partial charge is 0.0613 e. The Kier molecular flexibility index (Phi) is 3.53. The molecule has 0 heterocycles. The highest BCUT2D eigenvalue weighted by molar-refractivity contribution is 4.91. The van der Waals surface area contributed by atoms with Crippen LogP contribution in [0.3, 0.4) is 0 Å². The Hall–Kier alpha value is -0.0800. The summed E-state index contributed by atoms with van der Waals surface area (Å²) >= 11 is 0. The molecule has 12 heavy (non-hydrogen) atoms. The summed E-state index contributed by atoms with van der Waals surface area (Å²) < 4.78 is 0. The van der Waals surface area contributed by atoms with Gasteiger partial charge in [0.1, 0.15) is 0 Å². The van der Waals surface area contributed by atoms with Gasteiger partial charge in [-0.25, -0.2) is 0 Å². The van der Waals surface area contributed by atoms with E-state index in [1.54, 1.807) is 0 Å². The van der Waals surface area contributed by atoms with Crippen LogP contribution in [0.2, 0.25) is 0 Å². The summed E-state index contributed by atoms with van der Waals surface area (Å²) in [4.78, 5) is 0. The first-order valence-corrected chi connectivity index (χ1v) is 5.06. The predicted octanol–water partition coefficient (Wildman–Crippen LogP) is 1.54. The van der Waals surface area contributed by atoms with Crippen LogP contribution in [0, 0.1) is 5.92 Å². The fourth-order valence-corrected chi connectivity index (χ4v) is 2.28. The van der Waals surface area contributed by atoms with Gasteiger partial charge in [-0.05, 0) is 25.8 Å². The summed E-state index contributed by atoms with van der Waals surface area (Å²) in [6, 6.07) is 0. The summed E-state index contributed by atoms with van der Waals surface area (Å²) in [7, 11) is 1.97. The Labute approximate surface area is 75.4 Å². The summed E-state index contributed by atoms with van der Waals surface area (Å²) in [6.07, 6.45) is 6.15. The van der Waals surface area contributed by atoms with Crippen LogP contribution in [0.15, 0.2) is 0 Å². The van der Waals surface area contributed by atoms with Crippen molar-refractivity contribution in [2.24, 2.45) is 5.92 Å². The normalized spacial score (nSPS) is 36.8.